The van der Waals surface area contributed by atoms with Crippen molar-refractivity contribution < 1.29 is 9.90 Å². The Kier molecular flexibility index (Phi) is 4.39. The monoisotopic (exact) mass is 199 g/mol. The molecule has 1 aliphatic carbocycles. The quantitative estimate of drug-likeness (QED) is 0.752. The van der Waals surface area contributed by atoms with Crippen molar-refractivity contribution in [2.45, 2.75) is 45.1 Å². The van der Waals surface area contributed by atoms with E-state index in [9.17, 15) is 4.79 Å². The summed E-state index contributed by atoms with van der Waals surface area (Å²) in [4.78, 5) is 12.5. The zero-order valence-electron chi connectivity index (χ0n) is 9.20. The molecule has 0 aromatic rings. The predicted molar refractivity (Wildman–Crippen MR) is 56.3 cm³/mol. The number of hydrogen-bond donors (Lipinski definition) is 1. The summed E-state index contributed by atoms with van der Waals surface area (Å²) in [6.07, 6.45) is 6.52. The average molecular weight is 199 g/mol. The third-order valence-corrected chi connectivity index (χ3v) is 3.41. The van der Waals surface area contributed by atoms with E-state index in [4.69, 9.17) is 5.11 Å². The Morgan fingerprint density at radius 1 is 1.43 bits per heavy atom. The molecule has 0 bridgehead atoms. The molecule has 0 unspecified atom stereocenters. The van der Waals surface area contributed by atoms with E-state index in [-0.39, 0.29) is 6.54 Å². The molecule has 14 heavy (non-hydrogen) atoms. The maximum atomic E-state index is 10.6. The highest BCUT2D eigenvalue weighted by Crippen LogP contribution is 2.28. The minimum atomic E-state index is -0.727. The van der Waals surface area contributed by atoms with Gasteiger partial charge in [0.2, 0.25) is 0 Å². The molecule has 0 radical (unpaired) electrons. The van der Waals surface area contributed by atoms with Crippen LogP contribution in [-0.2, 0) is 4.79 Å². The Bertz CT molecular complexity index is 188. The van der Waals surface area contributed by atoms with Crippen molar-refractivity contribution in [1.82, 2.24) is 4.90 Å². The van der Waals surface area contributed by atoms with Crippen molar-refractivity contribution >= 4 is 5.97 Å². The zero-order valence-corrected chi connectivity index (χ0v) is 9.20. The summed E-state index contributed by atoms with van der Waals surface area (Å²) >= 11 is 0. The molecule has 3 nitrogen and oxygen atoms in total. The predicted octanol–water partition coefficient (Wildman–Crippen LogP) is 1.97. The second-order valence-electron chi connectivity index (χ2n) is 4.45. The Hall–Kier alpha value is -0.570. The van der Waals surface area contributed by atoms with Gasteiger partial charge in [-0.1, -0.05) is 19.3 Å². The van der Waals surface area contributed by atoms with Crippen LogP contribution < -0.4 is 0 Å². The average Bonchev–Trinajstić information content (AvgIpc) is 2.17. The van der Waals surface area contributed by atoms with E-state index in [1.54, 1.807) is 0 Å². The van der Waals surface area contributed by atoms with E-state index in [1.807, 2.05) is 11.9 Å². The van der Waals surface area contributed by atoms with Crippen LogP contribution in [0.1, 0.15) is 39.0 Å². The first-order valence-corrected chi connectivity index (χ1v) is 5.53. The summed E-state index contributed by atoms with van der Waals surface area (Å²) in [6, 6.07) is 0.409. The van der Waals surface area contributed by atoms with Gasteiger partial charge in [-0.15, -0.1) is 0 Å². The first kappa shape index (κ1) is 11.5. The van der Waals surface area contributed by atoms with E-state index < -0.39 is 5.97 Å². The summed E-state index contributed by atoms with van der Waals surface area (Å²) in [7, 11) is 1.91. The fourth-order valence-electron chi connectivity index (χ4n) is 2.33. The summed E-state index contributed by atoms with van der Waals surface area (Å²) in [5.74, 6) is -0.0248. The Labute approximate surface area is 86.1 Å². The molecule has 1 saturated carbocycles. The van der Waals surface area contributed by atoms with Crippen molar-refractivity contribution in [3.8, 4) is 0 Å². The standard InChI is InChI=1S/C11H21NO2/c1-9(12(2)8-11(13)14)10-6-4-3-5-7-10/h9-10H,3-8H2,1-2H3,(H,13,14)/t9-/m0/s1. The normalized spacial score (nSPS) is 21.1. The molecule has 0 aromatic heterocycles. The largest absolute Gasteiger partial charge is 0.480 e. The van der Waals surface area contributed by atoms with Crippen LogP contribution in [0.3, 0.4) is 0 Å². The molecule has 82 valence electrons. The Morgan fingerprint density at radius 2 is 2.00 bits per heavy atom. The van der Waals surface area contributed by atoms with Crippen LogP contribution in [0, 0.1) is 5.92 Å². The van der Waals surface area contributed by atoms with Crippen molar-refractivity contribution in [2.75, 3.05) is 13.6 Å². The lowest BCUT2D eigenvalue weighted by Crippen LogP contribution is -2.39. The molecule has 0 saturated heterocycles. The summed E-state index contributed by atoms with van der Waals surface area (Å²) in [5.41, 5.74) is 0. The van der Waals surface area contributed by atoms with Gasteiger partial charge in [-0.3, -0.25) is 9.69 Å². The van der Waals surface area contributed by atoms with E-state index >= 15 is 0 Å². The SMILES string of the molecule is C[C@@H](C1CCCCC1)N(C)CC(=O)O. The highest BCUT2D eigenvalue weighted by Gasteiger charge is 2.23. The van der Waals surface area contributed by atoms with Crippen molar-refractivity contribution in [3.05, 3.63) is 0 Å². The van der Waals surface area contributed by atoms with Crippen LogP contribution in [0.5, 0.6) is 0 Å². The molecule has 0 amide bonds. The fourth-order valence-corrected chi connectivity index (χ4v) is 2.33. The second kappa shape index (κ2) is 5.35. The van der Waals surface area contributed by atoms with E-state index in [0.29, 0.717) is 12.0 Å². The first-order valence-electron chi connectivity index (χ1n) is 5.53. The van der Waals surface area contributed by atoms with Gasteiger partial charge in [-0.05, 0) is 32.7 Å². The van der Waals surface area contributed by atoms with Gasteiger partial charge < -0.3 is 5.11 Å². The second-order valence-corrected chi connectivity index (χ2v) is 4.45. The fraction of sp³-hybridized carbons (Fsp3) is 0.909. The molecule has 0 aliphatic heterocycles. The number of carboxylic acids is 1. The van der Waals surface area contributed by atoms with Crippen molar-refractivity contribution in [3.63, 3.8) is 0 Å². The van der Waals surface area contributed by atoms with Gasteiger partial charge in [0.25, 0.3) is 0 Å². The number of carbonyl (C=O) groups is 1. The molecular weight excluding hydrogens is 178 g/mol. The number of rotatable bonds is 4. The lowest BCUT2D eigenvalue weighted by atomic mass is 9.84. The maximum absolute atomic E-state index is 10.6. The maximum Gasteiger partial charge on any atom is 0.317 e. The lowest BCUT2D eigenvalue weighted by Gasteiger charge is -2.33. The van der Waals surface area contributed by atoms with Crippen molar-refractivity contribution in [1.29, 1.82) is 0 Å². The Morgan fingerprint density at radius 3 is 2.50 bits per heavy atom. The van der Waals surface area contributed by atoms with Gasteiger partial charge in [0.15, 0.2) is 0 Å². The summed E-state index contributed by atoms with van der Waals surface area (Å²) < 4.78 is 0. The molecule has 1 N–H and O–H groups in total. The molecule has 0 spiro atoms. The number of nitrogens with zero attached hydrogens (tertiary/aromatic N) is 1. The van der Waals surface area contributed by atoms with Crippen LogP contribution in [0.25, 0.3) is 0 Å². The third-order valence-electron chi connectivity index (χ3n) is 3.41. The van der Waals surface area contributed by atoms with Gasteiger partial charge in [0, 0.05) is 6.04 Å². The first-order chi connectivity index (χ1) is 6.61. The number of aliphatic carboxylic acids is 1. The molecule has 1 atom stereocenters. The molecule has 1 rings (SSSR count). The third kappa shape index (κ3) is 3.29. The Balaban J connectivity index is 2.37. The highest BCUT2D eigenvalue weighted by molar-refractivity contribution is 5.69. The van der Waals surface area contributed by atoms with E-state index in [1.165, 1.54) is 32.1 Å². The minimum Gasteiger partial charge on any atom is -0.480 e. The zero-order chi connectivity index (χ0) is 10.6. The van der Waals surface area contributed by atoms with Crippen LogP contribution in [0.4, 0.5) is 0 Å². The van der Waals surface area contributed by atoms with E-state index in [2.05, 4.69) is 6.92 Å². The van der Waals surface area contributed by atoms with Gasteiger partial charge in [0.1, 0.15) is 0 Å². The summed E-state index contributed by atoms with van der Waals surface area (Å²) in [6.45, 7) is 2.32. The molecular formula is C11H21NO2. The molecule has 0 heterocycles. The van der Waals surface area contributed by atoms with Crippen LogP contribution in [0.15, 0.2) is 0 Å². The number of hydrogen-bond acceptors (Lipinski definition) is 2. The number of carboxylic acid groups (broad SMARTS) is 1. The van der Waals surface area contributed by atoms with Crippen molar-refractivity contribution in [2.24, 2.45) is 5.92 Å². The van der Waals surface area contributed by atoms with Gasteiger partial charge in [0.05, 0.1) is 6.54 Å². The molecule has 0 aromatic carbocycles. The van der Waals surface area contributed by atoms with E-state index in [0.717, 1.165) is 0 Å². The topological polar surface area (TPSA) is 40.5 Å². The highest BCUT2D eigenvalue weighted by atomic mass is 16.4. The number of likely N-dealkylation sites (N-methyl/N-ethyl adjacent to an activating group) is 1. The molecule has 1 fully saturated rings. The summed E-state index contributed by atoms with van der Waals surface area (Å²) in [5, 5.41) is 8.69. The van der Waals surface area contributed by atoms with Gasteiger partial charge in [-0.2, -0.15) is 0 Å². The van der Waals surface area contributed by atoms with Crippen LogP contribution in [0.2, 0.25) is 0 Å². The molecule has 3 heteroatoms. The van der Waals surface area contributed by atoms with Crippen LogP contribution in [-0.4, -0.2) is 35.6 Å². The lowest BCUT2D eigenvalue weighted by molar-refractivity contribution is -0.138. The van der Waals surface area contributed by atoms with Gasteiger partial charge in [-0.25, -0.2) is 0 Å². The van der Waals surface area contributed by atoms with Gasteiger partial charge >= 0.3 is 5.97 Å². The van der Waals surface area contributed by atoms with Crippen LogP contribution >= 0.6 is 0 Å². The minimum absolute atomic E-state index is 0.164. The smallest absolute Gasteiger partial charge is 0.317 e. The molecule has 1 aliphatic rings.